The zero-order valence-corrected chi connectivity index (χ0v) is 19.6. The number of aromatic nitrogens is 3. The normalized spacial score (nSPS) is 15.2. The summed E-state index contributed by atoms with van der Waals surface area (Å²) in [5, 5.41) is 0. The minimum Gasteiger partial charge on any atom is -0.489 e. The zero-order valence-electron chi connectivity index (χ0n) is 18.8. The molecule has 1 atom stereocenters. The van der Waals surface area contributed by atoms with Gasteiger partial charge in [-0.15, -0.1) is 0 Å². The molecule has 0 aliphatic heterocycles. The van der Waals surface area contributed by atoms with Crippen molar-refractivity contribution < 1.29 is 18.5 Å². The van der Waals surface area contributed by atoms with E-state index in [0.717, 1.165) is 42.3 Å². The van der Waals surface area contributed by atoms with E-state index >= 15 is 0 Å². The number of pyridine rings is 1. The van der Waals surface area contributed by atoms with Crippen molar-refractivity contribution >= 4 is 27.8 Å². The first-order chi connectivity index (χ1) is 16.6. The van der Waals surface area contributed by atoms with Crippen LogP contribution in [0.1, 0.15) is 42.5 Å². The molecule has 0 saturated heterocycles. The van der Waals surface area contributed by atoms with Crippen LogP contribution in [0.3, 0.4) is 0 Å². The second-order valence-electron chi connectivity index (χ2n) is 8.30. The van der Waals surface area contributed by atoms with Crippen LogP contribution in [-0.4, -0.2) is 38.3 Å². The largest absolute Gasteiger partial charge is 0.489 e. The number of imidazole rings is 1. The Morgan fingerprint density at radius 3 is 2.47 bits per heavy atom. The fourth-order valence-electron chi connectivity index (χ4n) is 4.22. The molecule has 0 radical (unpaired) electrons. The molecule has 1 unspecified atom stereocenters. The molecule has 1 fully saturated rings. The quantitative estimate of drug-likeness (QED) is 0.381. The molecule has 1 aliphatic rings. The topological polar surface area (TPSA) is 94.2 Å². The van der Waals surface area contributed by atoms with E-state index in [-0.39, 0.29) is 12.1 Å². The van der Waals surface area contributed by atoms with Crippen LogP contribution in [-0.2, 0) is 15.5 Å². The highest BCUT2D eigenvalue weighted by molar-refractivity contribution is 7.85. The summed E-state index contributed by atoms with van der Waals surface area (Å²) in [5.74, 6) is 0.874. The van der Waals surface area contributed by atoms with Crippen LogP contribution in [0.5, 0.6) is 5.75 Å². The minimum atomic E-state index is -1.43. The maximum Gasteiger partial charge on any atom is 0.337 e. The number of nitrogens with one attached hydrogen (secondary N) is 1. The molecule has 1 saturated carbocycles. The Labute approximate surface area is 200 Å². The van der Waals surface area contributed by atoms with Gasteiger partial charge in [-0.05, 0) is 56.0 Å². The van der Waals surface area contributed by atoms with Gasteiger partial charge in [-0.25, -0.2) is 14.0 Å². The van der Waals surface area contributed by atoms with Gasteiger partial charge in [0, 0.05) is 28.9 Å². The second-order valence-corrected chi connectivity index (χ2v) is 9.75. The molecule has 5 rings (SSSR count). The lowest BCUT2D eigenvalue weighted by molar-refractivity contribution is 0.0600. The standard InChI is InChI=1S/C26H25N3O4S/c1-32-26(30)18-9-7-17(8-10-18)25-28-21-15-23(33-19-5-3-2-4-6-19)24(16-22(21)29-25)34(31)20-11-13-27-14-12-20/h7-16,19H,2-6H2,1H3,(H,28,29). The van der Waals surface area contributed by atoms with Crippen LogP contribution in [0.25, 0.3) is 22.4 Å². The first-order valence-electron chi connectivity index (χ1n) is 11.3. The zero-order chi connectivity index (χ0) is 23.5. The van der Waals surface area contributed by atoms with Gasteiger partial charge in [0.05, 0.1) is 45.5 Å². The van der Waals surface area contributed by atoms with E-state index in [9.17, 15) is 9.00 Å². The minimum absolute atomic E-state index is 0.115. The lowest BCUT2D eigenvalue weighted by Crippen LogP contribution is -2.20. The third kappa shape index (κ3) is 4.59. The maximum atomic E-state index is 13.5. The van der Waals surface area contributed by atoms with Gasteiger partial charge < -0.3 is 14.5 Å². The average molecular weight is 476 g/mol. The van der Waals surface area contributed by atoms with Gasteiger partial charge in [0.25, 0.3) is 0 Å². The SMILES string of the molecule is COC(=O)c1ccc(-c2nc3cc(OC4CCCCC4)c(S(=O)c4ccncc4)cc3[nH]2)cc1. The van der Waals surface area contributed by atoms with Crippen molar-refractivity contribution in [3.05, 3.63) is 66.5 Å². The molecule has 2 heterocycles. The van der Waals surface area contributed by atoms with Gasteiger partial charge in [0.1, 0.15) is 11.6 Å². The van der Waals surface area contributed by atoms with Gasteiger partial charge in [0.2, 0.25) is 0 Å². The highest BCUT2D eigenvalue weighted by Gasteiger charge is 2.21. The van der Waals surface area contributed by atoms with Gasteiger partial charge in [-0.3, -0.25) is 4.98 Å². The fourth-order valence-corrected chi connectivity index (χ4v) is 5.36. The van der Waals surface area contributed by atoms with Crippen molar-refractivity contribution in [1.82, 2.24) is 15.0 Å². The molecule has 1 N–H and O–H groups in total. The molecule has 0 spiro atoms. The molecule has 1 aliphatic carbocycles. The van der Waals surface area contributed by atoms with Gasteiger partial charge >= 0.3 is 5.97 Å². The predicted octanol–water partition coefficient (Wildman–Crippen LogP) is 5.29. The van der Waals surface area contributed by atoms with E-state index in [0.29, 0.717) is 26.9 Å². The van der Waals surface area contributed by atoms with E-state index in [4.69, 9.17) is 14.5 Å². The number of rotatable bonds is 6. The van der Waals surface area contributed by atoms with E-state index in [2.05, 4.69) is 9.97 Å². The first-order valence-corrected chi connectivity index (χ1v) is 12.5. The summed E-state index contributed by atoms with van der Waals surface area (Å²) in [7, 11) is -0.0705. The average Bonchev–Trinajstić information content (AvgIpc) is 3.31. The number of aromatic amines is 1. The Kier molecular flexibility index (Phi) is 6.40. The Balaban J connectivity index is 1.54. The third-order valence-electron chi connectivity index (χ3n) is 6.04. The third-order valence-corrected chi connectivity index (χ3v) is 7.46. The van der Waals surface area contributed by atoms with E-state index in [1.54, 1.807) is 36.7 Å². The number of fused-ring (bicyclic) bond motifs is 1. The van der Waals surface area contributed by atoms with Crippen molar-refractivity contribution in [1.29, 1.82) is 0 Å². The molecule has 0 bridgehead atoms. The summed E-state index contributed by atoms with van der Waals surface area (Å²) in [6.07, 6.45) is 8.90. The smallest absolute Gasteiger partial charge is 0.337 e. The maximum absolute atomic E-state index is 13.5. The molecule has 7 nitrogen and oxygen atoms in total. The number of nitrogens with zero attached hydrogens (tertiary/aromatic N) is 2. The summed E-state index contributed by atoms with van der Waals surface area (Å²) in [5.41, 5.74) is 2.80. The number of hydrogen-bond donors (Lipinski definition) is 1. The van der Waals surface area contributed by atoms with Crippen LogP contribution in [0.4, 0.5) is 0 Å². The Hall–Kier alpha value is -3.52. The number of esters is 1. The number of hydrogen-bond acceptors (Lipinski definition) is 6. The fraction of sp³-hybridized carbons (Fsp3) is 0.269. The number of carbonyl (C=O) groups excluding carboxylic acids is 1. The summed E-state index contributed by atoms with van der Waals surface area (Å²) in [6.45, 7) is 0. The van der Waals surface area contributed by atoms with E-state index in [1.807, 2.05) is 24.3 Å². The predicted molar refractivity (Wildman–Crippen MR) is 129 cm³/mol. The van der Waals surface area contributed by atoms with Crippen LogP contribution in [0.15, 0.2) is 70.7 Å². The monoisotopic (exact) mass is 475 g/mol. The van der Waals surface area contributed by atoms with Crippen molar-refractivity contribution in [3.63, 3.8) is 0 Å². The molecular formula is C26H25N3O4S. The Morgan fingerprint density at radius 1 is 1.03 bits per heavy atom. The van der Waals surface area contributed by atoms with Crippen LogP contribution in [0, 0.1) is 0 Å². The molecular weight excluding hydrogens is 450 g/mol. The van der Waals surface area contributed by atoms with Crippen molar-refractivity contribution in [2.75, 3.05) is 7.11 Å². The lowest BCUT2D eigenvalue weighted by atomic mass is 9.98. The summed E-state index contributed by atoms with van der Waals surface area (Å²) < 4.78 is 24.6. The van der Waals surface area contributed by atoms with Crippen molar-refractivity contribution in [2.45, 2.75) is 48.0 Å². The van der Waals surface area contributed by atoms with E-state index in [1.165, 1.54) is 13.5 Å². The summed E-state index contributed by atoms with van der Waals surface area (Å²) in [6, 6.07) is 14.3. The summed E-state index contributed by atoms with van der Waals surface area (Å²) in [4.78, 5) is 25.1. The molecule has 0 amide bonds. The van der Waals surface area contributed by atoms with Crippen molar-refractivity contribution in [2.24, 2.45) is 0 Å². The molecule has 34 heavy (non-hydrogen) atoms. The van der Waals surface area contributed by atoms with Crippen molar-refractivity contribution in [3.8, 4) is 17.1 Å². The van der Waals surface area contributed by atoms with Crippen LogP contribution < -0.4 is 4.74 Å². The molecule has 8 heteroatoms. The number of ether oxygens (including phenoxy) is 2. The molecule has 2 aromatic heterocycles. The second kappa shape index (κ2) is 9.77. The van der Waals surface area contributed by atoms with E-state index < -0.39 is 10.8 Å². The number of benzene rings is 2. The Morgan fingerprint density at radius 2 is 1.76 bits per heavy atom. The van der Waals surface area contributed by atoms with Gasteiger partial charge in [-0.2, -0.15) is 0 Å². The van der Waals surface area contributed by atoms with Gasteiger partial charge in [0.15, 0.2) is 0 Å². The summed E-state index contributed by atoms with van der Waals surface area (Å²) >= 11 is 0. The van der Waals surface area contributed by atoms with Crippen LogP contribution >= 0.6 is 0 Å². The lowest BCUT2D eigenvalue weighted by Gasteiger charge is -2.24. The highest BCUT2D eigenvalue weighted by atomic mass is 32.2. The highest BCUT2D eigenvalue weighted by Crippen LogP contribution is 2.34. The molecule has 174 valence electrons. The number of carbonyl (C=O) groups is 1. The first kappa shape index (κ1) is 22.3. The van der Waals surface area contributed by atoms with Crippen LogP contribution in [0.2, 0.25) is 0 Å². The Bertz CT molecular complexity index is 1330. The number of H-pyrrole nitrogens is 1. The number of methoxy groups -OCH3 is 1. The molecule has 4 aromatic rings. The molecule has 2 aromatic carbocycles. The van der Waals surface area contributed by atoms with Gasteiger partial charge in [-0.1, -0.05) is 18.6 Å².